The molecule has 168 valence electrons. The van der Waals surface area contributed by atoms with E-state index in [4.69, 9.17) is 32.5 Å². The molecule has 0 bridgehead atoms. The van der Waals surface area contributed by atoms with Crippen molar-refractivity contribution in [1.82, 2.24) is 9.46 Å². The maximum absolute atomic E-state index is 13.0. The zero-order valence-electron chi connectivity index (χ0n) is 17.0. The van der Waals surface area contributed by atoms with Gasteiger partial charge in [-0.2, -0.15) is 4.31 Å². The van der Waals surface area contributed by atoms with E-state index >= 15 is 0 Å². The number of nitrogens with zero attached hydrogens (tertiary/aromatic N) is 2. The molecular formula is C21H19Cl2N3O5S. The number of nitrogens with one attached hydrogen (secondary N) is 1. The molecule has 0 spiro atoms. The fourth-order valence-electron chi connectivity index (χ4n) is 3.37. The van der Waals surface area contributed by atoms with E-state index in [2.05, 4.69) is 10.5 Å². The predicted molar refractivity (Wildman–Crippen MR) is 121 cm³/mol. The van der Waals surface area contributed by atoms with Gasteiger partial charge in [0.2, 0.25) is 10.0 Å². The molecule has 1 amide bonds. The van der Waals surface area contributed by atoms with Crippen molar-refractivity contribution < 1.29 is 22.5 Å². The van der Waals surface area contributed by atoms with Gasteiger partial charge < -0.3 is 14.6 Å². The summed E-state index contributed by atoms with van der Waals surface area (Å²) in [5.74, 6) is -0.196. The number of anilines is 1. The van der Waals surface area contributed by atoms with E-state index in [1.165, 1.54) is 28.6 Å². The van der Waals surface area contributed by atoms with Gasteiger partial charge in [0.05, 0.1) is 28.2 Å². The Hall–Kier alpha value is -2.43. The highest BCUT2D eigenvalue weighted by Crippen LogP contribution is 2.37. The Kier molecular flexibility index (Phi) is 6.55. The molecule has 3 aromatic rings. The maximum Gasteiger partial charge on any atom is 0.261 e. The summed E-state index contributed by atoms with van der Waals surface area (Å²) in [5.41, 5.74) is 1.21. The molecule has 0 atom stereocenters. The van der Waals surface area contributed by atoms with E-state index in [1.54, 1.807) is 25.1 Å². The number of sulfonamides is 1. The summed E-state index contributed by atoms with van der Waals surface area (Å²) >= 11 is 12.5. The average molecular weight is 496 g/mol. The van der Waals surface area contributed by atoms with Crippen LogP contribution in [0, 0.1) is 6.92 Å². The number of amides is 1. The third-order valence-corrected chi connectivity index (χ3v) is 7.55. The van der Waals surface area contributed by atoms with Crippen LogP contribution in [0.3, 0.4) is 0 Å². The highest BCUT2D eigenvalue weighted by Gasteiger charge is 2.27. The molecule has 0 saturated carbocycles. The number of hydrogen-bond acceptors (Lipinski definition) is 6. The molecule has 8 nitrogen and oxygen atoms in total. The van der Waals surface area contributed by atoms with Crippen LogP contribution < -0.4 is 5.32 Å². The third-order valence-electron chi connectivity index (χ3n) is 5.01. The number of halogens is 2. The molecule has 2 heterocycles. The lowest BCUT2D eigenvalue weighted by Crippen LogP contribution is -2.40. The second kappa shape index (κ2) is 9.21. The number of aromatic nitrogens is 1. The second-order valence-electron chi connectivity index (χ2n) is 7.05. The SMILES string of the molecule is Cc1onc(-c2c(Cl)cccc2Cl)c1C(=O)Nc1ccc(S(=O)(=O)N2CCOCC2)cc1. The van der Waals surface area contributed by atoms with Gasteiger partial charge in [0.25, 0.3) is 5.91 Å². The van der Waals surface area contributed by atoms with Crippen LogP contribution in [0.15, 0.2) is 51.9 Å². The molecule has 1 fully saturated rings. The van der Waals surface area contributed by atoms with Gasteiger partial charge in [-0.05, 0) is 43.3 Å². The summed E-state index contributed by atoms with van der Waals surface area (Å²) in [6.45, 7) is 2.95. The fourth-order valence-corrected chi connectivity index (χ4v) is 5.36. The van der Waals surface area contributed by atoms with E-state index in [1.807, 2.05) is 0 Å². The Morgan fingerprint density at radius 3 is 2.31 bits per heavy atom. The summed E-state index contributed by atoms with van der Waals surface area (Å²) in [6, 6.07) is 10.9. The first-order chi connectivity index (χ1) is 15.3. The van der Waals surface area contributed by atoms with Gasteiger partial charge in [-0.15, -0.1) is 0 Å². The standard InChI is InChI=1S/C21H19Cl2N3O5S/c1-13-18(20(25-31-13)19-16(22)3-2-4-17(19)23)21(27)24-14-5-7-15(8-6-14)32(28,29)26-9-11-30-12-10-26/h2-8H,9-12H2,1H3,(H,24,27). The van der Waals surface area contributed by atoms with E-state index in [9.17, 15) is 13.2 Å². The normalized spacial score (nSPS) is 15.0. The summed E-state index contributed by atoms with van der Waals surface area (Å²) in [5, 5.41) is 7.37. The number of ether oxygens (including phenoxy) is 1. The van der Waals surface area contributed by atoms with E-state index in [-0.39, 0.29) is 16.2 Å². The summed E-state index contributed by atoms with van der Waals surface area (Å²) in [4.78, 5) is 13.1. The summed E-state index contributed by atoms with van der Waals surface area (Å²) in [6.07, 6.45) is 0. The minimum absolute atomic E-state index is 0.141. The molecule has 1 aliphatic heterocycles. The molecule has 11 heteroatoms. The van der Waals surface area contributed by atoms with Crippen LogP contribution >= 0.6 is 23.2 Å². The van der Waals surface area contributed by atoms with Crippen molar-refractivity contribution >= 4 is 44.8 Å². The van der Waals surface area contributed by atoms with Crippen LogP contribution in [-0.4, -0.2) is 50.1 Å². The molecular weight excluding hydrogens is 477 g/mol. The maximum atomic E-state index is 13.0. The number of hydrogen-bond donors (Lipinski definition) is 1. The quantitative estimate of drug-likeness (QED) is 0.568. The van der Waals surface area contributed by atoms with Crippen LogP contribution in [0.2, 0.25) is 10.0 Å². The smallest absolute Gasteiger partial charge is 0.261 e. The zero-order valence-corrected chi connectivity index (χ0v) is 19.3. The third kappa shape index (κ3) is 4.39. The van der Waals surface area contributed by atoms with Gasteiger partial charge in [0.15, 0.2) is 0 Å². The zero-order chi connectivity index (χ0) is 22.9. The van der Waals surface area contributed by atoms with E-state index in [0.717, 1.165) is 0 Å². The number of carbonyl (C=O) groups excluding carboxylic acids is 1. The van der Waals surface area contributed by atoms with Crippen molar-refractivity contribution in [2.45, 2.75) is 11.8 Å². The van der Waals surface area contributed by atoms with Gasteiger partial charge >= 0.3 is 0 Å². The summed E-state index contributed by atoms with van der Waals surface area (Å²) in [7, 11) is -3.62. The lowest BCUT2D eigenvalue weighted by molar-refractivity contribution is 0.0730. The molecule has 2 aromatic carbocycles. The van der Waals surface area contributed by atoms with Gasteiger partial charge in [-0.1, -0.05) is 34.4 Å². The molecule has 0 aliphatic carbocycles. The van der Waals surface area contributed by atoms with Crippen LogP contribution in [0.25, 0.3) is 11.3 Å². The molecule has 1 N–H and O–H groups in total. The summed E-state index contributed by atoms with van der Waals surface area (Å²) < 4.78 is 37.3. The Morgan fingerprint density at radius 1 is 1.06 bits per heavy atom. The molecule has 4 rings (SSSR count). The number of rotatable bonds is 5. The molecule has 1 aliphatic rings. The molecule has 0 unspecified atom stereocenters. The van der Waals surface area contributed by atoms with Crippen molar-refractivity contribution in [1.29, 1.82) is 0 Å². The first-order valence-electron chi connectivity index (χ1n) is 9.69. The molecule has 1 saturated heterocycles. The Bertz CT molecular complexity index is 1230. The number of benzene rings is 2. The monoisotopic (exact) mass is 495 g/mol. The lowest BCUT2D eigenvalue weighted by Gasteiger charge is -2.26. The Morgan fingerprint density at radius 2 is 1.69 bits per heavy atom. The molecule has 32 heavy (non-hydrogen) atoms. The average Bonchev–Trinajstić information content (AvgIpc) is 3.15. The molecule has 1 aromatic heterocycles. The fraction of sp³-hybridized carbons (Fsp3) is 0.238. The number of morpholine rings is 1. The van der Waals surface area contributed by atoms with Crippen molar-refractivity contribution in [2.75, 3.05) is 31.6 Å². The van der Waals surface area contributed by atoms with Gasteiger partial charge in [0.1, 0.15) is 17.0 Å². The van der Waals surface area contributed by atoms with Crippen LogP contribution in [0.4, 0.5) is 5.69 Å². The minimum Gasteiger partial charge on any atom is -0.379 e. The van der Waals surface area contributed by atoms with Crippen molar-refractivity contribution in [3.63, 3.8) is 0 Å². The van der Waals surface area contributed by atoms with E-state index in [0.29, 0.717) is 53.4 Å². The van der Waals surface area contributed by atoms with Crippen molar-refractivity contribution in [2.24, 2.45) is 0 Å². The largest absolute Gasteiger partial charge is 0.379 e. The minimum atomic E-state index is -3.62. The number of carbonyl (C=O) groups is 1. The highest BCUT2D eigenvalue weighted by atomic mass is 35.5. The van der Waals surface area contributed by atoms with Gasteiger partial charge in [-0.25, -0.2) is 8.42 Å². The van der Waals surface area contributed by atoms with Crippen LogP contribution in [0.1, 0.15) is 16.1 Å². The first-order valence-corrected chi connectivity index (χ1v) is 11.9. The van der Waals surface area contributed by atoms with Crippen molar-refractivity contribution in [3.05, 3.63) is 63.8 Å². The second-order valence-corrected chi connectivity index (χ2v) is 9.81. The predicted octanol–water partition coefficient (Wildman–Crippen LogP) is 4.23. The van der Waals surface area contributed by atoms with Crippen LogP contribution in [-0.2, 0) is 14.8 Å². The lowest BCUT2D eigenvalue weighted by atomic mass is 10.1. The van der Waals surface area contributed by atoms with E-state index < -0.39 is 15.9 Å². The Labute approximate surface area is 195 Å². The van der Waals surface area contributed by atoms with Crippen molar-refractivity contribution in [3.8, 4) is 11.3 Å². The topological polar surface area (TPSA) is 102 Å². The molecule has 0 radical (unpaired) electrons. The highest BCUT2D eigenvalue weighted by molar-refractivity contribution is 7.89. The number of aryl methyl sites for hydroxylation is 1. The first kappa shape index (κ1) is 22.8. The van der Waals surface area contributed by atoms with Gasteiger partial charge in [-0.3, -0.25) is 4.79 Å². The van der Waals surface area contributed by atoms with Crippen LogP contribution in [0.5, 0.6) is 0 Å². The van der Waals surface area contributed by atoms with Gasteiger partial charge in [0, 0.05) is 24.3 Å². The Balaban J connectivity index is 1.58.